The van der Waals surface area contributed by atoms with Crippen LogP contribution in [0.5, 0.6) is 11.5 Å². The third-order valence-corrected chi connectivity index (χ3v) is 6.18. The van der Waals surface area contributed by atoms with Crippen molar-refractivity contribution in [3.05, 3.63) is 53.6 Å². The summed E-state index contributed by atoms with van der Waals surface area (Å²) in [5.41, 5.74) is 1.03. The molecular weight excluding hydrogens is 378 g/mol. The van der Waals surface area contributed by atoms with E-state index in [1.54, 1.807) is 6.07 Å². The van der Waals surface area contributed by atoms with Crippen LogP contribution in [0.2, 0.25) is 0 Å². The molecule has 0 bridgehead atoms. The molecule has 0 saturated carbocycles. The van der Waals surface area contributed by atoms with Crippen LogP contribution in [0.25, 0.3) is 0 Å². The minimum Gasteiger partial charge on any atom is -0.493 e. The van der Waals surface area contributed by atoms with E-state index in [9.17, 15) is 13.2 Å². The van der Waals surface area contributed by atoms with Gasteiger partial charge in [-0.25, -0.2) is 13.2 Å². The molecule has 2 rings (SSSR count). The first kappa shape index (κ1) is 21.9. The smallest absolute Gasteiger partial charge is 0.343 e. The average Bonchev–Trinajstić information content (AvgIpc) is 2.69. The third kappa shape index (κ3) is 4.91. The largest absolute Gasteiger partial charge is 0.493 e. The van der Waals surface area contributed by atoms with E-state index < -0.39 is 16.0 Å². The van der Waals surface area contributed by atoms with E-state index in [1.165, 1.54) is 35.7 Å². The minimum atomic E-state index is -3.58. The van der Waals surface area contributed by atoms with Crippen LogP contribution in [-0.4, -0.2) is 38.9 Å². The highest BCUT2D eigenvalue weighted by atomic mass is 32.2. The molecule has 0 amide bonds. The molecule has 0 saturated heterocycles. The first-order valence-corrected chi connectivity index (χ1v) is 10.7. The second-order valence-corrected chi connectivity index (χ2v) is 8.36. The zero-order chi connectivity index (χ0) is 20.7. The number of methoxy groups -OCH3 is 1. The Labute approximate surface area is 167 Å². The van der Waals surface area contributed by atoms with Crippen molar-refractivity contribution in [3.63, 3.8) is 0 Å². The summed E-state index contributed by atoms with van der Waals surface area (Å²) >= 11 is 0. The first-order valence-electron chi connectivity index (χ1n) is 9.31. The topological polar surface area (TPSA) is 72.9 Å². The van der Waals surface area contributed by atoms with Gasteiger partial charge < -0.3 is 9.47 Å². The number of ether oxygens (including phenoxy) is 2. The zero-order valence-electron chi connectivity index (χ0n) is 16.8. The molecule has 0 atom stereocenters. The average molecular weight is 406 g/mol. The number of para-hydroxylation sites is 1. The number of carbonyl (C=O) groups excluding carboxylic acids is 1. The highest BCUT2D eigenvalue weighted by molar-refractivity contribution is 7.89. The van der Waals surface area contributed by atoms with Crippen LogP contribution in [0.1, 0.15) is 42.6 Å². The second kappa shape index (κ2) is 9.71. The Balaban J connectivity index is 2.23. The molecule has 0 radical (unpaired) electrons. The Bertz CT molecular complexity index is 901. The number of benzene rings is 2. The van der Waals surface area contributed by atoms with E-state index in [-0.39, 0.29) is 10.5 Å². The minimum absolute atomic E-state index is 0.166. The van der Waals surface area contributed by atoms with Gasteiger partial charge in [0.15, 0.2) is 11.5 Å². The lowest BCUT2D eigenvalue weighted by atomic mass is 10.2. The fraction of sp³-hybridized carbons (Fsp3) is 0.381. The van der Waals surface area contributed by atoms with Crippen LogP contribution in [-0.2, 0) is 10.0 Å². The van der Waals surface area contributed by atoms with Crippen molar-refractivity contribution in [1.82, 2.24) is 4.31 Å². The number of hydrogen-bond acceptors (Lipinski definition) is 5. The van der Waals surface area contributed by atoms with Crippen molar-refractivity contribution in [1.29, 1.82) is 0 Å². The van der Waals surface area contributed by atoms with Crippen LogP contribution in [0.4, 0.5) is 0 Å². The molecule has 2 aromatic carbocycles. The molecule has 28 heavy (non-hydrogen) atoms. The predicted molar refractivity (Wildman–Crippen MR) is 108 cm³/mol. The molecule has 152 valence electrons. The highest BCUT2D eigenvalue weighted by Crippen LogP contribution is 2.31. The van der Waals surface area contributed by atoms with Gasteiger partial charge in [-0.3, -0.25) is 0 Å². The molecule has 6 nitrogen and oxygen atoms in total. The van der Waals surface area contributed by atoms with E-state index >= 15 is 0 Å². The SMILES string of the molecule is CCCN(CCC)S(=O)(=O)c1ccc(C(=O)Oc2c(C)cccc2OC)cc1. The summed E-state index contributed by atoms with van der Waals surface area (Å²) in [5, 5.41) is 0. The Morgan fingerprint density at radius 2 is 1.61 bits per heavy atom. The molecule has 0 heterocycles. The summed E-state index contributed by atoms with van der Waals surface area (Å²) in [6, 6.07) is 11.2. The van der Waals surface area contributed by atoms with Gasteiger partial charge in [-0.15, -0.1) is 0 Å². The summed E-state index contributed by atoms with van der Waals surface area (Å²) < 4.78 is 37.8. The van der Waals surface area contributed by atoms with Gasteiger partial charge in [0.25, 0.3) is 0 Å². The van der Waals surface area contributed by atoms with Crippen LogP contribution in [0.15, 0.2) is 47.4 Å². The summed E-state index contributed by atoms with van der Waals surface area (Å²) in [6.45, 7) is 6.63. The monoisotopic (exact) mass is 405 g/mol. The van der Waals surface area contributed by atoms with Gasteiger partial charge in [-0.1, -0.05) is 26.0 Å². The number of hydrogen-bond donors (Lipinski definition) is 0. The number of sulfonamides is 1. The molecule has 0 spiro atoms. The van der Waals surface area contributed by atoms with Crippen molar-refractivity contribution in [3.8, 4) is 11.5 Å². The molecular formula is C21H27NO5S. The maximum Gasteiger partial charge on any atom is 0.343 e. The normalized spacial score (nSPS) is 11.5. The highest BCUT2D eigenvalue weighted by Gasteiger charge is 2.23. The van der Waals surface area contributed by atoms with E-state index in [1.807, 2.05) is 32.9 Å². The lowest BCUT2D eigenvalue weighted by molar-refractivity contribution is 0.0728. The molecule has 0 aliphatic carbocycles. The standard InChI is InChI=1S/C21H27NO5S/c1-5-14-22(15-6-2)28(24,25)18-12-10-17(11-13-18)21(23)27-20-16(3)8-7-9-19(20)26-4/h7-13H,5-6,14-15H2,1-4H3. The summed E-state index contributed by atoms with van der Waals surface area (Å²) in [4.78, 5) is 12.7. The molecule has 0 aliphatic rings. The van der Waals surface area contributed by atoms with Gasteiger partial charge in [-0.2, -0.15) is 4.31 Å². The number of carbonyl (C=O) groups is 1. The molecule has 7 heteroatoms. The zero-order valence-corrected chi connectivity index (χ0v) is 17.6. The van der Waals surface area contributed by atoms with Gasteiger partial charge in [-0.05, 0) is 55.7 Å². The lowest BCUT2D eigenvalue weighted by Gasteiger charge is -2.21. The third-order valence-electron chi connectivity index (χ3n) is 4.26. The second-order valence-electron chi connectivity index (χ2n) is 6.42. The summed E-state index contributed by atoms with van der Waals surface area (Å²) in [5.74, 6) is 0.238. The fourth-order valence-corrected chi connectivity index (χ4v) is 4.46. The molecule has 0 fully saturated rings. The van der Waals surface area contributed by atoms with Gasteiger partial charge in [0.2, 0.25) is 10.0 Å². The number of aryl methyl sites for hydroxylation is 1. The Kier molecular flexibility index (Phi) is 7.60. The summed E-state index contributed by atoms with van der Waals surface area (Å²) in [6.07, 6.45) is 1.48. The van der Waals surface area contributed by atoms with Gasteiger partial charge in [0.1, 0.15) is 0 Å². The molecule has 0 unspecified atom stereocenters. The lowest BCUT2D eigenvalue weighted by Crippen LogP contribution is -2.32. The van der Waals surface area contributed by atoms with Gasteiger partial charge in [0, 0.05) is 13.1 Å². The number of esters is 1. The van der Waals surface area contributed by atoms with E-state index in [2.05, 4.69) is 0 Å². The van der Waals surface area contributed by atoms with E-state index in [0.29, 0.717) is 24.6 Å². The fourth-order valence-electron chi connectivity index (χ4n) is 2.83. The molecule has 0 N–H and O–H groups in total. The molecule has 0 aromatic heterocycles. The number of rotatable bonds is 9. The van der Waals surface area contributed by atoms with Crippen molar-refractivity contribution in [2.75, 3.05) is 20.2 Å². The van der Waals surface area contributed by atoms with Crippen molar-refractivity contribution in [2.45, 2.75) is 38.5 Å². The van der Waals surface area contributed by atoms with Crippen LogP contribution in [0.3, 0.4) is 0 Å². The van der Waals surface area contributed by atoms with Crippen LogP contribution >= 0.6 is 0 Å². The van der Waals surface area contributed by atoms with Crippen LogP contribution < -0.4 is 9.47 Å². The van der Waals surface area contributed by atoms with Gasteiger partial charge >= 0.3 is 5.97 Å². The van der Waals surface area contributed by atoms with Crippen molar-refractivity contribution >= 4 is 16.0 Å². The molecule has 0 aliphatic heterocycles. The number of nitrogens with zero attached hydrogens (tertiary/aromatic N) is 1. The Morgan fingerprint density at radius 1 is 1.00 bits per heavy atom. The van der Waals surface area contributed by atoms with E-state index in [0.717, 1.165) is 18.4 Å². The molecule has 2 aromatic rings. The quantitative estimate of drug-likeness (QED) is 0.465. The predicted octanol–water partition coefficient (Wildman–Crippen LogP) is 4.03. The van der Waals surface area contributed by atoms with E-state index in [4.69, 9.17) is 9.47 Å². The maximum atomic E-state index is 12.8. The van der Waals surface area contributed by atoms with Crippen molar-refractivity contribution < 1.29 is 22.7 Å². The Morgan fingerprint density at radius 3 is 2.14 bits per heavy atom. The maximum absolute atomic E-state index is 12.8. The van der Waals surface area contributed by atoms with Gasteiger partial charge in [0.05, 0.1) is 17.6 Å². The van der Waals surface area contributed by atoms with Crippen LogP contribution in [0, 0.1) is 6.92 Å². The summed E-state index contributed by atoms with van der Waals surface area (Å²) in [7, 11) is -2.08. The Hall–Kier alpha value is -2.38. The van der Waals surface area contributed by atoms with Crippen molar-refractivity contribution in [2.24, 2.45) is 0 Å². The first-order chi connectivity index (χ1) is 13.3.